The molecule has 2 aromatic carbocycles. The van der Waals surface area contributed by atoms with Crippen molar-refractivity contribution in [3.63, 3.8) is 0 Å². The number of para-hydroxylation sites is 1. The third-order valence-corrected chi connectivity index (χ3v) is 4.37. The summed E-state index contributed by atoms with van der Waals surface area (Å²) in [7, 11) is 0. The normalized spacial score (nSPS) is 12.8. The van der Waals surface area contributed by atoms with Gasteiger partial charge in [0.15, 0.2) is 0 Å². The third-order valence-electron chi connectivity index (χ3n) is 4.37. The fourth-order valence-corrected chi connectivity index (χ4v) is 2.91. The number of carbonyl (C=O) groups is 1. The fourth-order valence-electron chi connectivity index (χ4n) is 2.91. The number of hydrogen-bond acceptors (Lipinski definition) is 5. The van der Waals surface area contributed by atoms with Gasteiger partial charge in [0.2, 0.25) is 0 Å². The van der Waals surface area contributed by atoms with Gasteiger partial charge in [0, 0.05) is 23.4 Å². The molecule has 3 rings (SSSR count). The number of fused-ring (bicyclic) bond motifs is 1. The number of amides is 1. The number of carbonyl (C=O) groups excluding carboxylic acids is 1. The molecule has 1 atom stereocenters. The number of allylic oxidation sites excluding steroid dienone is 1. The Morgan fingerprint density at radius 2 is 1.89 bits per heavy atom. The predicted octanol–water partition coefficient (Wildman–Crippen LogP) is 4.16. The lowest BCUT2D eigenvalue weighted by Crippen LogP contribution is -2.34. The maximum absolute atomic E-state index is 13.0. The first-order chi connectivity index (χ1) is 13.6. The molecule has 1 heterocycles. The lowest BCUT2D eigenvalue weighted by atomic mass is 10.0. The second-order valence-corrected chi connectivity index (χ2v) is 6.20. The van der Waals surface area contributed by atoms with E-state index in [1.807, 2.05) is 54.6 Å². The lowest BCUT2D eigenvalue weighted by molar-refractivity contribution is 0.0948. The highest BCUT2D eigenvalue weighted by molar-refractivity contribution is 6.07. The molecular weight excluding hydrogens is 352 g/mol. The summed E-state index contributed by atoms with van der Waals surface area (Å²) >= 11 is 0. The summed E-state index contributed by atoms with van der Waals surface area (Å²) in [5.74, 6) is -0.282. The van der Waals surface area contributed by atoms with Gasteiger partial charge in [0.25, 0.3) is 5.91 Å². The highest BCUT2D eigenvalue weighted by Crippen LogP contribution is 2.25. The van der Waals surface area contributed by atoms with E-state index in [0.717, 1.165) is 28.9 Å². The molecule has 28 heavy (non-hydrogen) atoms. The van der Waals surface area contributed by atoms with Crippen molar-refractivity contribution in [1.29, 1.82) is 5.41 Å². The Bertz CT molecular complexity index is 1060. The minimum absolute atomic E-state index is 0.282. The molecule has 0 fully saturated rings. The van der Waals surface area contributed by atoms with E-state index in [-0.39, 0.29) is 5.91 Å². The Balaban J connectivity index is 2.01. The standard InChI is InChI=1S/C22H20N4O2/c1-15(17(14-23)11-12-24-28)25-22(27)19-13-21(16-7-3-2-4-8-16)26-20-10-6-5-9-18(19)20/h2-15,23,28H,1H3,(H,25,27)/p-1/b17-11+,23-14?,24-12+. The molecule has 0 saturated carbocycles. The molecule has 3 aromatic rings. The first kappa shape index (κ1) is 19.0. The van der Waals surface area contributed by atoms with E-state index >= 15 is 0 Å². The Labute approximate surface area is 162 Å². The van der Waals surface area contributed by atoms with Gasteiger partial charge in [-0.3, -0.25) is 4.79 Å². The molecule has 0 aliphatic carbocycles. The summed E-state index contributed by atoms with van der Waals surface area (Å²) in [4.78, 5) is 17.7. The van der Waals surface area contributed by atoms with Crippen molar-refractivity contribution in [1.82, 2.24) is 10.3 Å². The van der Waals surface area contributed by atoms with E-state index in [9.17, 15) is 10.0 Å². The van der Waals surface area contributed by atoms with E-state index in [2.05, 4.69) is 15.5 Å². The van der Waals surface area contributed by atoms with Crippen LogP contribution in [0.2, 0.25) is 0 Å². The van der Waals surface area contributed by atoms with Crippen LogP contribution in [0, 0.1) is 10.6 Å². The number of nitrogens with zero attached hydrogens (tertiary/aromatic N) is 2. The average Bonchev–Trinajstić information content (AvgIpc) is 2.74. The molecule has 140 valence electrons. The van der Waals surface area contributed by atoms with Crippen LogP contribution in [0.5, 0.6) is 0 Å². The summed E-state index contributed by atoms with van der Waals surface area (Å²) in [6.45, 7) is 1.74. The van der Waals surface area contributed by atoms with Gasteiger partial charge in [-0.15, -0.1) is 0 Å². The van der Waals surface area contributed by atoms with Crippen LogP contribution >= 0.6 is 0 Å². The van der Waals surface area contributed by atoms with Crippen molar-refractivity contribution < 1.29 is 4.79 Å². The van der Waals surface area contributed by atoms with Crippen molar-refractivity contribution in [2.45, 2.75) is 13.0 Å². The number of benzene rings is 2. The maximum Gasteiger partial charge on any atom is 0.252 e. The van der Waals surface area contributed by atoms with Crippen molar-refractivity contribution in [3.05, 3.63) is 83.1 Å². The zero-order valence-electron chi connectivity index (χ0n) is 15.3. The molecule has 6 nitrogen and oxygen atoms in total. The Kier molecular flexibility index (Phi) is 5.91. The van der Waals surface area contributed by atoms with Crippen molar-refractivity contribution >= 4 is 29.2 Å². The Morgan fingerprint density at radius 1 is 1.18 bits per heavy atom. The van der Waals surface area contributed by atoms with E-state index in [1.54, 1.807) is 13.0 Å². The summed E-state index contributed by atoms with van der Waals surface area (Å²) in [5.41, 5.74) is 3.32. The van der Waals surface area contributed by atoms with Crippen LogP contribution in [-0.4, -0.2) is 29.4 Å². The Hall–Kier alpha value is -3.80. The van der Waals surface area contributed by atoms with Crippen molar-refractivity contribution in [3.8, 4) is 11.3 Å². The molecule has 0 spiro atoms. The van der Waals surface area contributed by atoms with Crippen LogP contribution in [0.4, 0.5) is 0 Å². The van der Waals surface area contributed by atoms with E-state index in [0.29, 0.717) is 16.8 Å². The van der Waals surface area contributed by atoms with E-state index in [4.69, 9.17) is 5.41 Å². The van der Waals surface area contributed by atoms with Gasteiger partial charge in [-0.1, -0.05) is 48.5 Å². The quantitative estimate of drug-likeness (QED) is 0.502. The molecule has 6 heteroatoms. The number of pyridine rings is 1. The molecule has 0 aliphatic heterocycles. The van der Waals surface area contributed by atoms with Crippen LogP contribution in [0.1, 0.15) is 17.3 Å². The first-order valence-electron chi connectivity index (χ1n) is 8.76. The molecule has 1 unspecified atom stereocenters. The highest BCUT2D eigenvalue weighted by atomic mass is 16.4. The van der Waals surface area contributed by atoms with Crippen molar-refractivity contribution in [2.75, 3.05) is 0 Å². The minimum Gasteiger partial charge on any atom is -0.792 e. The van der Waals surface area contributed by atoms with Crippen molar-refractivity contribution in [2.24, 2.45) is 5.16 Å². The summed E-state index contributed by atoms with van der Waals surface area (Å²) < 4.78 is 0. The van der Waals surface area contributed by atoms with Crippen LogP contribution in [0.25, 0.3) is 22.2 Å². The number of rotatable bonds is 6. The van der Waals surface area contributed by atoms with Crippen LogP contribution in [-0.2, 0) is 0 Å². The van der Waals surface area contributed by atoms with Gasteiger partial charge in [-0.2, -0.15) is 0 Å². The highest BCUT2D eigenvalue weighted by Gasteiger charge is 2.17. The van der Waals surface area contributed by atoms with Gasteiger partial charge in [-0.25, -0.2) is 4.98 Å². The molecular formula is C22H19N4O2-. The number of aromatic nitrogens is 1. The summed E-state index contributed by atoms with van der Waals surface area (Å²) in [6.07, 6.45) is 3.55. The zero-order valence-corrected chi connectivity index (χ0v) is 15.3. The molecule has 0 bridgehead atoms. The lowest BCUT2D eigenvalue weighted by Gasteiger charge is -2.16. The number of hydrogen-bond donors (Lipinski definition) is 2. The average molecular weight is 371 g/mol. The van der Waals surface area contributed by atoms with Gasteiger partial charge in [-0.05, 0) is 30.7 Å². The van der Waals surface area contributed by atoms with E-state index < -0.39 is 6.04 Å². The minimum atomic E-state index is -0.463. The van der Waals surface area contributed by atoms with E-state index in [1.165, 1.54) is 6.08 Å². The van der Waals surface area contributed by atoms with Crippen LogP contribution in [0.3, 0.4) is 0 Å². The van der Waals surface area contributed by atoms with Gasteiger partial charge >= 0.3 is 0 Å². The summed E-state index contributed by atoms with van der Waals surface area (Å²) in [5, 5.41) is 24.0. The molecule has 2 N–H and O–H groups in total. The Morgan fingerprint density at radius 3 is 2.61 bits per heavy atom. The van der Waals surface area contributed by atoms with Gasteiger partial charge in [0.05, 0.1) is 22.8 Å². The number of nitrogens with one attached hydrogen (secondary N) is 2. The summed E-state index contributed by atoms with van der Waals surface area (Å²) in [6, 6.07) is 18.4. The van der Waals surface area contributed by atoms with Gasteiger partial charge in [0.1, 0.15) is 0 Å². The molecule has 1 amide bonds. The largest absolute Gasteiger partial charge is 0.792 e. The van der Waals surface area contributed by atoms with Gasteiger partial charge < -0.3 is 21.1 Å². The van der Waals surface area contributed by atoms with Crippen LogP contribution < -0.4 is 5.32 Å². The smallest absolute Gasteiger partial charge is 0.252 e. The molecule has 0 saturated heterocycles. The maximum atomic E-state index is 13.0. The monoisotopic (exact) mass is 371 g/mol. The topological polar surface area (TPSA) is 101 Å². The third kappa shape index (κ3) is 4.12. The molecule has 0 aliphatic rings. The first-order valence-corrected chi connectivity index (χ1v) is 8.76. The van der Waals surface area contributed by atoms with Crippen LogP contribution in [0.15, 0.2) is 77.5 Å². The fraction of sp³-hybridized carbons (Fsp3) is 0.0909. The molecule has 1 aromatic heterocycles. The zero-order chi connectivity index (χ0) is 19.9. The second-order valence-electron chi connectivity index (χ2n) is 6.20. The second kappa shape index (κ2) is 8.73. The SMILES string of the molecule is CC(NC(=O)c1cc(-c2ccccc2)nc2ccccc12)/C(C=N)=C/C=N/[O-]. The molecule has 0 radical (unpaired) electrons. The predicted molar refractivity (Wildman–Crippen MR) is 113 cm³/mol.